The Balaban J connectivity index is 2.06. The molecule has 0 unspecified atom stereocenters. The van der Waals surface area contributed by atoms with Gasteiger partial charge in [0.1, 0.15) is 5.75 Å². The molecule has 0 aliphatic carbocycles. The first-order valence-corrected chi connectivity index (χ1v) is 7.02. The van der Waals surface area contributed by atoms with Crippen molar-refractivity contribution in [2.75, 3.05) is 7.11 Å². The molecule has 0 radical (unpaired) electrons. The summed E-state index contributed by atoms with van der Waals surface area (Å²) in [7, 11) is 1.62. The maximum absolute atomic E-state index is 12.0. The molecule has 0 bridgehead atoms. The van der Waals surface area contributed by atoms with Gasteiger partial charge in [-0.1, -0.05) is 41.7 Å². The Morgan fingerprint density at radius 2 is 1.95 bits per heavy atom. The van der Waals surface area contributed by atoms with E-state index in [4.69, 9.17) is 4.74 Å². The number of ether oxygens (including phenoxy) is 1. The van der Waals surface area contributed by atoms with Crippen LogP contribution in [0.4, 0.5) is 0 Å². The molecule has 1 heterocycles. The fourth-order valence-electron chi connectivity index (χ4n) is 2.01. The Hall–Kier alpha value is -2.33. The van der Waals surface area contributed by atoms with Crippen molar-refractivity contribution < 1.29 is 4.74 Å². The van der Waals surface area contributed by atoms with Crippen molar-refractivity contribution >= 4 is 33.8 Å². The van der Waals surface area contributed by atoms with Gasteiger partial charge in [0.2, 0.25) is 0 Å². The van der Waals surface area contributed by atoms with Crippen LogP contribution in [-0.4, -0.2) is 11.7 Å². The largest absolute Gasteiger partial charge is 0.497 e. The molecule has 3 nitrogen and oxygen atoms in total. The average Bonchev–Trinajstić information content (AvgIpc) is 2.80. The van der Waals surface area contributed by atoms with Crippen LogP contribution in [-0.2, 0) is 0 Å². The highest BCUT2D eigenvalue weighted by atomic mass is 32.1. The zero-order valence-corrected chi connectivity index (χ0v) is 11.8. The van der Waals surface area contributed by atoms with Crippen LogP contribution in [0.15, 0.2) is 53.3 Å². The van der Waals surface area contributed by atoms with Crippen LogP contribution in [0.1, 0.15) is 5.56 Å². The number of hydrogen-bond acceptors (Lipinski definition) is 3. The van der Waals surface area contributed by atoms with Crippen molar-refractivity contribution in [2.45, 2.75) is 0 Å². The molecule has 100 valence electrons. The van der Waals surface area contributed by atoms with E-state index in [1.165, 1.54) is 11.3 Å². The lowest BCUT2D eigenvalue weighted by Crippen LogP contribution is -2.05. The summed E-state index contributed by atoms with van der Waals surface area (Å²) in [6.07, 6.45) is 3.74. The Bertz CT molecular complexity index is 815. The lowest BCUT2D eigenvalue weighted by atomic mass is 10.2. The number of rotatable bonds is 3. The molecule has 0 aliphatic rings. The summed E-state index contributed by atoms with van der Waals surface area (Å²) in [4.78, 5) is 12.0. The van der Waals surface area contributed by atoms with Crippen LogP contribution in [0, 0.1) is 0 Å². The summed E-state index contributed by atoms with van der Waals surface area (Å²) < 4.78 is 7.76. The van der Waals surface area contributed by atoms with Crippen LogP contribution in [0.2, 0.25) is 0 Å². The molecule has 0 aliphatic heterocycles. The second-order valence-electron chi connectivity index (χ2n) is 4.30. The standard InChI is InChI=1S/C16H13NO2S/c1-19-13-7-8-14-15(11-13)20-16(18)17(14)10-9-12-5-3-2-4-6-12/h2-11H,1H3/b10-9+. The highest BCUT2D eigenvalue weighted by molar-refractivity contribution is 7.16. The van der Waals surface area contributed by atoms with Crippen molar-refractivity contribution in [1.29, 1.82) is 0 Å². The van der Waals surface area contributed by atoms with Gasteiger partial charge < -0.3 is 4.74 Å². The minimum absolute atomic E-state index is 0.000402. The third-order valence-electron chi connectivity index (χ3n) is 3.04. The maximum Gasteiger partial charge on any atom is 0.312 e. The normalized spacial score (nSPS) is 11.2. The first-order chi connectivity index (χ1) is 9.78. The molecule has 2 aromatic carbocycles. The van der Waals surface area contributed by atoms with Crippen LogP contribution in [0.5, 0.6) is 5.75 Å². The van der Waals surface area contributed by atoms with Gasteiger partial charge in [0.05, 0.1) is 17.3 Å². The lowest BCUT2D eigenvalue weighted by Gasteiger charge is -2.00. The number of fused-ring (bicyclic) bond motifs is 1. The molecule has 0 N–H and O–H groups in total. The Kier molecular flexibility index (Phi) is 3.39. The minimum Gasteiger partial charge on any atom is -0.497 e. The summed E-state index contributed by atoms with van der Waals surface area (Å²) in [5.74, 6) is 0.762. The van der Waals surface area contributed by atoms with E-state index in [0.717, 1.165) is 21.5 Å². The highest BCUT2D eigenvalue weighted by Gasteiger charge is 2.06. The molecule has 3 aromatic rings. The quantitative estimate of drug-likeness (QED) is 0.734. The van der Waals surface area contributed by atoms with Crippen LogP contribution < -0.4 is 9.61 Å². The summed E-state index contributed by atoms with van der Waals surface area (Å²) in [5, 5.41) is 0. The molecule has 1 aromatic heterocycles. The summed E-state index contributed by atoms with van der Waals surface area (Å²) in [6, 6.07) is 15.6. The monoisotopic (exact) mass is 283 g/mol. The van der Waals surface area contributed by atoms with Crippen LogP contribution in [0.25, 0.3) is 22.5 Å². The molecule has 0 saturated carbocycles. The molecule has 0 amide bonds. The number of nitrogens with zero attached hydrogens (tertiary/aromatic N) is 1. The molecule has 20 heavy (non-hydrogen) atoms. The SMILES string of the molecule is COc1ccc2c(c1)sc(=O)n2/C=C/c1ccccc1. The Morgan fingerprint density at radius 1 is 1.15 bits per heavy atom. The molecule has 0 spiro atoms. The zero-order valence-electron chi connectivity index (χ0n) is 10.9. The maximum atomic E-state index is 12.0. The number of methoxy groups -OCH3 is 1. The molecule has 0 atom stereocenters. The number of aromatic nitrogens is 1. The van der Waals surface area contributed by atoms with Gasteiger partial charge in [0.25, 0.3) is 0 Å². The third kappa shape index (κ3) is 2.38. The van der Waals surface area contributed by atoms with Gasteiger partial charge in [-0.3, -0.25) is 9.36 Å². The molecule has 4 heteroatoms. The van der Waals surface area contributed by atoms with Gasteiger partial charge in [-0.05, 0) is 29.8 Å². The average molecular weight is 283 g/mol. The molecular formula is C16H13NO2S. The van der Waals surface area contributed by atoms with E-state index in [0.29, 0.717) is 0 Å². The van der Waals surface area contributed by atoms with Crippen LogP contribution in [0.3, 0.4) is 0 Å². The number of hydrogen-bond donors (Lipinski definition) is 0. The summed E-state index contributed by atoms with van der Waals surface area (Å²) in [6.45, 7) is 0. The van der Waals surface area contributed by atoms with Gasteiger partial charge in [0, 0.05) is 6.20 Å². The summed E-state index contributed by atoms with van der Waals surface area (Å²) in [5.41, 5.74) is 1.96. The van der Waals surface area contributed by atoms with E-state index in [1.54, 1.807) is 11.7 Å². The zero-order chi connectivity index (χ0) is 13.9. The van der Waals surface area contributed by atoms with Crippen molar-refractivity contribution in [3.8, 4) is 5.75 Å². The molecule has 0 saturated heterocycles. The highest BCUT2D eigenvalue weighted by Crippen LogP contribution is 2.23. The summed E-state index contributed by atoms with van der Waals surface area (Å²) >= 11 is 1.22. The van der Waals surface area contributed by atoms with E-state index in [2.05, 4.69) is 0 Å². The van der Waals surface area contributed by atoms with Gasteiger partial charge >= 0.3 is 4.87 Å². The van der Waals surface area contributed by atoms with Gasteiger partial charge in [-0.2, -0.15) is 0 Å². The first kappa shape index (κ1) is 12.7. The van der Waals surface area contributed by atoms with E-state index in [9.17, 15) is 4.79 Å². The Morgan fingerprint density at radius 3 is 2.70 bits per heavy atom. The fraction of sp³-hybridized carbons (Fsp3) is 0.0625. The molecule has 0 fully saturated rings. The topological polar surface area (TPSA) is 31.2 Å². The van der Waals surface area contributed by atoms with E-state index >= 15 is 0 Å². The fourth-order valence-corrected chi connectivity index (χ4v) is 2.90. The smallest absolute Gasteiger partial charge is 0.312 e. The molecular weight excluding hydrogens is 270 g/mol. The predicted molar refractivity (Wildman–Crippen MR) is 84.3 cm³/mol. The van der Waals surface area contributed by atoms with Crippen molar-refractivity contribution in [2.24, 2.45) is 0 Å². The number of thiazole rings is 1. The van der Waals surface area contributed by atoms with E-state index in [1.807, 2.05) is 60.8 Å². The first-order valence-electron chi connectivity index (χ1n) is 6.20. The van der Waals surface area contributed by atoms with Crippen LogP contribution >= 0.6 is 11.3 Å². The second-order valence-corrected chi connectivity index (χ2v) is 5.29. The van der Waals surface area contributed by atoms with Gasteiger partial charge in [0.15, 0.2) is 0 Å². The number of benzene rings is 2. The van der Waals surface area contributed by atoms with E-state index in [-0.39, 0.29) is 4.87 Å². The van der Waals surface area contributed by atoms with Crippen molar-refractivity contribution in [3.63, 3.8) is 0 Å². The predicted octanol–water partition coefficient (Wildman–Crippen LogP) is 3.70. The van der Waals surface area contributed by atoms with Gasteiger partial charge in [-0.25, -0.2) is 0 Å². The van der Waals surface area contributed by atoms with Crippen molar-refractivity contribution in [3.05, 3.63) is 63.8 Å². The van der Waals surface area contributed by atoms with Crippen molar-refractivity contribution in [1.82, 2.24) is 4.57 Å². The van der Waals surface area contributed by atoms with E-state index < -0.39 is 0 Å². The Labute approximate surface area is 120 Å². The van der Waals surface area contributed by atoms with Gasteiger partial charge in [-0.15, -0.1) is 0 Å². The minimum atomic E-state index is 0.000402. The second kappa shape index (κ2) is 5.35. The molecule has 3 rings (SSSR count). The third-order valence-corrected chi connectivity index (χ3v) is 3.95. The lowest BCUT2D eigenvalue weighted by molar-refractivity contribution is 0.415.